The van der Waals surface area contributed by atoms with Gasteiger partial charge in [0.25, 0.3) is 0 Å². The van der Waals surface area contributed by atoms with E-state index in [0.29, 0.717) is 0 Å². The fraction of sp³-hybridized carbons (Fsp3) is 0.231. The van der Waals surface area contributed by atoms with Crippen molar-refractivity contribution in [3.63, 3.8) is 0 Å². The molecule has 1 amide bonds. The SMILES string of the molecule is CC(C)C(=O)Nc1cccc(-c2ccn[nH]2)c1. The number of rotatable bonds is 3. The molecule has 2 N–H and O–H groups in total. The van der Waals surface area contributed by atoms with Crippen molar-refractivity contribution in [3.8, 4) is 11.3 Å². The lowest BCUT2D eigenvalue weighted by molar-refractivity contribution is -0.118. The number of anilines is 1. The smallest absolute Gasteiger partial charge is 0.226 e. The van der Waals surface area contributed by atoms with Crippen LogP contribution in [-0.4, -0.2) is 16.1 Å². The highest BCUT2D eigenvalue weighted by molar-refractivity contribution is 5.92. The van der Waals surface area contributed by atoms with Crippen molar-refractivity contribution in [3.05, 3.63) is 36.5 Å². The molecule has 0 saturated heterocycles. The molecule has 0 atom stereocenters. The minimum atomic E-state index is -0.0224. The summed E-state index contributed by atoms with van der Waals surface area (Å²) in [6.45, 7) is 3.74. The largest absolute Gasteiger partial charge is 0.326 e. The van der Waals surface area contributed by atoms with E-state index >= 15 is 0 Å². The Kier molecular flexibility index (Phi) is 3.23. The molecule has 0 unspecified atom stereocenters. The Morgan fingerprint density at radius 3 is 2.82 bits per heavy atom. The van der Waals surface area contributed by atoms with E-state index in [2.05, 4.69) is 15.5 Å². The quantitative estimate of drug-likeness (QED) is 0.850. The van der Waals surface area contributed by atoms with Gasteiger partial charge >= 0.3 is 0 Å². The van der Waals surface area contributed by atoms with Crippen LogP contribution >= 0.6 is 0 Å². The molecule has 1 aromatic carbocycles. The van der Waals surface area contributed by atoms with E-state index < -0.39 is 0 Å². The number of amides is 1. The van der Waals surface area contributed by atoms with Gasteiger partial charge in [0, 0.05) is 23.4 Å². The Morgan fingerprint density at radius 2 is 2.18 bits per heavy atom. The normalized spacial score (nSPS) is 10.5. The molecule has 4 nitrogen and oxygen atoms in total. The first kappa shape index (κ1) is 11.4. The van der Waals surface area contributed by atoms with Gasteiger partial charge in [-0.3, -0.25) is 9.89 Å². The van der Waals surface area contributed by atoms with Crippen molar-refractivity contribution in [1.29, 1.82) is 0 Å². The van der Waals surface area contributed by atoms with E-state index in [0.717, 1.165) is 16.9 Å². The Morgan fingerprint density at radius 1 is 1.35 bits per heavy atom. The highest BCUT2D eigenvalue weighted by Crippen LogP contribution is 2.20. The predicted octanol–water partition coefficient (Wildman–Crippen LogP) is 2.67. The zero-order valence-electron chi connectivity index (χ0n) is 9.90. The minimum Gasteiger partial charge on any atom is -0.326 e. The third kappa shape index (κ3) is 2.72. The summed E-state index contributed by atoms with van der Waals surface area (Å²) in [5.74, 6) is -0.00225. The predicted molar refractivity (Wildman–Crippen MR) is 67.5 cm³/mol. The molecule has 1 aromatic heterocycles. The standard InChI is InChI=1S/C13H15N3O/c1-9(2)13(17)15-11-5-3-4-10(8-11)12-6-7-14-16-12/h3-9H,1-2H3,(H,14,16)(H,15,17). The average Bonchev–Trinajstić information content (AvgIpc) is 2.82. The maximum absolute atomic E-state index is 11.6. The van der Waals surface area contributed by atoms with Gasteiger partial charge in [-0.05, 0) is 18.2 Å². The molecule has 0 radical (unpaired) electrons. The van der Waals surface area contributed by atoms with E-state index in [-0.39, 0.29) is 11.8 Å². The van der Waals surface area contributed by atoms with E-state index in [1.54, 1.807) is 6.20 Å². The third-order valence-corrected chi connectivity index (χ3v) is 2.47. The molecule has 2 rings (SSSR count). The average molecular weight is 229 g/mol. The molecule has 2 aromatic rings. The molecule has 0 saturated carbocycles. The third-order valence-electron chi connectivity index (χ3n) is 2.47. The number of hydrogen-bond acceptors (Lipinski definition) is 2. The van der Waals surface area contributed by atoms with Gasteiger partial charge in [0.15, 0.2) is 0 Å². The second kappa shape index (κ2) is 4.82. The van der Waals surface area contributed by atoms with Gasteiger partial charge in [-0.1, -0.05) is 26.0 Å². The Labute approximate surface area is 100 Å². The molecule has 0 aliphatic rings. The van der Waals surface area contributed by atoms with Gasteiger partial charge < -0.3 is 5.32 Å². The van der Waals surface area contributed by atoms with Crippen molar-refractivity contribution in [2.75, 3.05) is 5.32 Å². The van der Waals surface area contributed by atoms with Crippen LogP contribution < -0.4 is 5.32 Å². The van der Waals surface area contributed by atoms with Gasteiger partial charge in [0.05, 0.1) is 5.69 Å². The van der Waals surface area contributed by atoms with Crippen molar-refractivity contribution in [2.24, 2.45) is 5.92 Å². The number of carbonyl (C=O) groups is 1. The Bertz CT molecular complexity index is 503. The highest BCUT2D eigenvalue weighted by Gasteiger charge is 2.07. The first-order valence-corrected chi connectivity index (χ1v) is 5.57. The number of H-pyrrole nitrogens is 1. The summed E-state index contributed by atoms with van der Waals surface area (Å²) in [5.41, 5.74) is 2.74. The first-order chi connectivity index (χ1) is 8.16. The number of aromatic amines is 1. The molecule has 4 heteroatoms. The molecule has 17 heavy (non-hydrogen) atoms. The van der Waals surface area contributed by atoms with Crippen LogP contribution in [0.4, 0.5) is 5.69 Å². The number of hydrogen-bond donors (Lipinski definition) is 2. The Hall–Kier alpha value is -2.10. The summed E-state index contributed by atoms with van der Waals surface area (Å²) >= 11 is 0. The van der Waals surface area contributed by atoms with E-state index in [9.17, 15) is 4.79 Å². The van der Waals surface area contributed by atoms with Crippen molar-refractivity contribution in [2.45, 2.75) is 13.8 Å². The van der Waals surface area contributed by atoms with Crippen molar-refractivity contribution in [1.82, 2.24) is 10.2 Å². The van der Waals surface area contributed by atoms with Crippen LogP contribution in [0.25, 0.3) is 11.3 Å². The van der Waals surface area contributed by atoms with Crippen LogP contribution in [0.15, 0.2) is 36.5 Å². The van der Waals surface area contributed by atoms with Gasteiger partial charge in [-0.15, -0.1) is 0 Å². The lowest BCUT2D eigenvalue weighted by Crippen LogP contribution is -2.17. The number of aromatic nitrogens is 2. The van der Waals surface area contributed by atoms with E-state index in [4.69, 9.17) is 0 Å². The van der Waals surface area contributed by atoms with Crippen LogP contribution in [0, 0.1) is 5.92 Å². The summed E-state index contributed by atoms with van der Waals surface area (Å²) < 4.78 is 0. The minimum absolute atomic E-state index is 0.0201. The fourth-order valence-corrected chi connectivity index (χ4v) is 1.47. The highest BCUT2D eigenvalue weighted by atomic mass is 16.1. The summed E-state index contributed by atoms with van der Waals surface area (Å²) in [4.78, 5) is 11.6. The first-order valence-electron chi connectivity index (χ1n) is 5.57. The van der Waals surface area contributed by atoms with Crippen LogP contribution in [0.3, 0.4) is 0 Å². The molecule has 0 aliphatic carbocycles. The molecular weight excluding hydrogens is 214 g/mol. The number of nitrogens with zero attached hydrogens (tertiary/aromatic N) is 1. The lowest BCUT2D eigenvalue weighted by atomic mass is 10.1. The fourth-order valence-electron chi connectivity index (χ4n) is 1.47. The summed E-state index contributed by atoms with van der Waals surface area (Å²) in [6, 6.07) is 9.57. The molecule has 1 heterocycles. The topological polar surface area (TPSA) is 57.8 Å². The number of carbonyl (C=O) groups excluding carboxylic acids is 1. The van der Waals surface area contributed by atoms with Crippen molar-refractivity contribution >= 4 is 11.6 Å². The molecule has 88 valence electrons. The second-order valence-corrected chi connectivity index (χ2v) is 4.20. The molecular formula is C13H15N3O. The molecule has 0 fully saturated rings. The summed E-state index contributed by atoms with van der Waals surface area (Å²) in [6.07, 6.45) is 1.70. The summed E-state index contributed by atoms with van der Waals surface area (Å²) in [5, 5.41) is 9.67. The van der Waals surface area contributed by atoms with E-state index in [1.807, 2.05) is 44.2 Å². The molecule has 0 aliphatic heterocycles. The zero-order chi connectivity index (χ0) is 12.3. The van der Waals surface area contributed by atoms with Gasteiger partial charge in [0.2, 0.25) is 5.91 Å². The number of benzene rings is 1. The maximum Gasteiger partial charge on any atom is 0.226 e. The van der Waals surface area contributed by atoms with Crippen LogP contribution in [0.1, 0.15) is 13.8 Å². The van der Waals surface area contributed by atoms with Crippen LogP contribution in [0.5, 0.6) is 0 Å². The van der Waals surface area contributed by atoms with Gasteiger partial charge in [0.1, 0.15) is 0 Å². The molecule has 0 bridgehead atoms. The van der Waals surface area contributed by atoms with Crippen molar-refractivity contribution < 1.29 is 4.79 Å². The van der Waals surface area contributed by atoms with Gasteiger partial charge in [-0.25, -0.2) is 0 Å². The van der Waals surface area contributed by atoms with Crippen LogP contribution in [-0.2, 0) is 4.79 Å². The molecule has 0 spiro atoms. The maximum atomic E-state index is 11.6. The van der Waals surface area contributed by atoms with E-state index in [1.165, 1.54) is 0 Å². The second-order valence-electron chi connectivity index (χ2n) is 4.20. The summed E-state index contributed by atoms with van der Waals surface area (Å²) in [7, 11) is 0. The lowest BCUT2D eigenvalue weighted by Gasteiger charge is -2.08. The Balaban J connectivity index is 2.20. The zero-order valence-corrected chi connectivity index (χ0v) is 9.90. The van der Waals surface area contributed by atoms with Gasteiger partial charge in [-0.2, -0.15) is 5.10 Å². The monoisotopic (exact) mass is 229 g/mol. The number of nitrogens with one attached hydrogen (secondary N) is 2. The van der Waals surface area contributed by atoms with Crippen LogP contribution in [0.2, 0.25) is 0 Å².